The van der Waals surface area contributed by atoms with Gasteiger partial charge in [-0.25, -0.2) is 0 Å². The van der Waals surface area contributed by atoms with Crippen LogP contribution in [0.4, 0.5) is 0 Å². The first-order valence-electron chi connectivity index (χ1n) is 7.51. The van der Waals surface area contributed by atoms with Crippen LogP contribution in [0.2, 0.25) is 0 Å². The van der Waals surface area contributed by atoms with E-state index >= 15 is 0 Å². The van der Waals surface area contributed by atoms with Crippen LogP contribution in [-0.2, 0) is 9.53 Å². The van der Waals surface area contributed by atoms with Crippen LogP contribution in [-0.4, -0.2) is 74.2 Å². The van der Waals surface area contributed by atoms with Gasteiger partial charge in [-0.15, -0.1) is 0 Å². The standard InChI is InChI=1S/C14H27N3O2/c1-3-12-11-17(8-7-16(12)9-10-19-2)14(18)13-5-4-6-15-13/h12-13,15H,3-11H2,1-2H3/t12?,13-/m0/s1. The number of carbonyl (C=O) groups is 1. The lowest BCUT2D eigenvalue weighted by molar-refractivity contribution is -0.136. The molecule has 0 aromatic heterocycles. The Morgan fingerprint density at radius 1 is 1.42 bits per heavy atom. The highest BCUT2D eigenvalue weighted by atomic mass is 16.5. The van der Waals surface area contributed by atoms with Crippen LogP contribution in [0.25, 0.3) is 0 Å². The predicted octanol–water partition coefficient (Wildman–Crippen LogP) is 0.308. The molecule has 1 amide bonds. The molecule has 5 heteroatoms. The number of nitrogens with one attached hydrogen (secondary N) is 1. The van der Waals surface area contributed by atoms with E-state index in [1.54, 1.807) is 7.11 Å². The molecule has 0 bridgehead atoms. The Balaban J connectivity index is 1.86. The average Bonchev–Trinajstić information content (AvgIpc) is 2.98. The summed E-state index contributed by atoms with van der Waals surface area (Å²) in [7, 11) is 1.74. The summed E-state index contributed by atoms with van der Waals surface area (Å²) in [5.41, 5.74) is 0. The lowest BCUT2D eigenvalue weighted by Gasteiger charge is -2.41. The summed E-state index contributed by atoms with van der Waals surface area (Å²) in [6.45, 7) is 7.63. The topological polar surface area (TPSA) is 44.8 Å². The monoisotopic (exact) mass is 269 g/mol. The molecule has 5 nitrogen and oxygen atoms in total. The second kappa shape index (κ2) is 7.22. The number of nitrogens with zero attached hydrogens (tertiary/aromatic N) is 2. The highest BCUT2D eigenvalue weighted by molar-refractivity contribution is 5.82. The van der Waals surface area contributed by atoms with E-state index in [9.17, 15) is 4.79 Å². The Bertz CT molecular complexity index is 292. The minimum atomic E-state index is 0.0723. The van der Waals surface area contributed by atoms with Gasteiger partial charge in [-0.2, -0.15) is 0 Å². The molecule has 0 aliphatic carbocycles. The van der Waals surface area contributed by atoms with E-state index in [1.165, 1.54) is 0 Å². The molecule has 2 fully saturated rings. The highest BCUT2D eigenvalue weighted by Crippen LogP contribution is 2.16. The molecular formula is C14H27N3O2. The summed E-state index contributed by atoms with van der Waals surface area (Å²) in [6.07, 6.45) is 3.21. The predicted molar refractivity (Wildman–Crippen MR) is 75.1 cm³/mol. The summed E-state index contributed by atoms with van der Waals surface area (Å²) in [4.78, 5) is 16.9. The summed E-state index contributed by atoms with van der Waals surface area (Å²) in [5.74, 6) is 0.308. The Kier molecular flexibility index (Phi) is 5.60. The number of rotatable bonds is 5. The molecule has 110 valence electrons. The molecule has 0 aromatic carbocycles. The smallest absolute Gasteiger partial charge is 0.239 e. The van der Waals surface area contributed by atoms with Gasteiger partial charge in [0, 0.05) is 39.3 Å². The van der Waals surface area contributed by atoms with Gasteiger partial charge in [0.15, 0.2) is 0 Å². The van der Waals surface area contributed by atoms with Crippen molar-refractivity contribution in [1.82, 2.24) is 15.1 Å². The number of methoxy groups -OCH3 is 1. The van der Waals surface area contributed by atoms with Crippen molar-refractivity contribution < 1.29 is 9.53 Å². The molecular weight excluding hydrogens is 242 g/mol. The summed E-state index contributed by atoms with van der Waals surface area (Å²) in [5, 5.41) is 3.31. The Labute approximate surface area is 116 Å². The SMILES string of the molecule is CCC1CN(C(=O)[C@@H]2CCCN2)CCN1CCOC. The molecule has 19 heavy (non-hydrogen) atoms. The minimum Gasteiger partial charge on any atom is -0.383 e. The number of piperazine rings is 1. The van der Waals surface area contributed by atoms with Crippen LogP contribution in [0.5, 0.6) is 0 Å². The molecule has 0 spiro atoms. The fourth-order valence-corrected chi connectivity index (χ4v) is 3.10. The van der Waals surface area contributed by atoms with E-state index in [2.05, 4.69) is 22.0 Å². The normalized spacial score (nSPS) is 28.8. The van der Waals surface area contributed by atoms with E-state index in [0.717, 1.165) is 58.6 Å². The summed E-state index contributed by atoms with van der Waals surface area (Å²) in [6, 6.07) is 0.553. The largest absolute Gasteiger partial charge is 0.383 e. The quantitative estimate of drug-likeness (QED) is 0.780. The van der Waals surface area contributed by atoms with Crippen LogP contribution in [0.1, 0.15) is 26.2 Å². The van der Waals surface area contributed by atoms with E-state index in [1.807, 2.05) is 0 Å². The van der Waals surface area contributed by atoms with E-state index in [0.29, 0.717) is 11.9 Å². The molecule has 1 unspecified atom stereocenters. The molecule has 2 saturated heterocycles. The van der Waals surface area contributed by atoms with E-state index in [4.69, 9.17) is 4.74 Å². The fourth-order valence-electron chi connectivity index (χ4n) is 3.10. The van der Waals surface area contributed by atoms with Gasteiger partial charge in [0.05, 0.1) is 12.6 Å². The van der Waals surface area contributed by atoms with Gasteiger partial charge in [-0.05, 0) is 25.8 Å². The lowest BCUT2D eigenvalue weighted by Crippen LogP contribution is -2.57. The maximum atomic E-state index is 12.4. The van der Waals surface area contributed by atoms with Crippen LogP contribution >= 0.6 is 0 Å². The lowest BCUT2D eigenvalue weighted by atomic mass is 10.1. The molecule has 0 saturated carbocycles. The molecule has 2 heterocycles. The Morgan fingerprint density at radius 2 is 2.26 bits per heavy atom. The van der Waals surface area contributed by atoms with Crippen molar-refractivity contribution >= 4 is 5.91 Å². The number of ether oxygens (including phenoxy) is 1. The molecule has 0 aromatic rings. The Hall–Kier alpha value is -0.650. The van der Waals surface area contributed by atoms with Crippen LogP contribution < -0.4 is 5.32 Å². The third-order valence-corrected chi connectivity index (χ3v) is 4.33. The first kappa shape index (κ1) is 14.8. The zero-order valence-corrected chi connectivity index (χ0v) is 12.2. The van der Waals surface area contributed by atoms with Gasteiger partial charge >= 0.3 is 0 Å². The van der Waals surface area contributed by atoms with Crippen molar-refractivity contribution in [3.05, 3.63) is 0 Å². The molecule has 1 N–H and O–H groups in total. The zero-order chi connectivity index (χ0) is 13.7. The maximum Gasteiger partial charge on any atom is 0.239 e. The van der Waals surface area contributed by atoms with E-state index in [-0.39, 0.29) is 6.04 Å². The highest BCUT2D eigenvalue weighted by Gasteiger charge is 2.32. The maximum absolute atomic E-state index is 12.4. The van der Waals surface area contributed by atoms with Gasteiger partial charge < -0.3 is 15.0 Å². The third kappa shape index (κ3) is 3.68. The minimum absolute atomic E-state index is 0.0723. The Morgan fingerprint density at radius 3 is 2.89 bits per heavy atom. The third-order valence-electron chi connectivity index (χ3n) is 4.33. The van der Waals surface area contributed by atoms with Crippen LogP contribution in [0.15, 0.2) is 0 Å². The first-order valence-corrected chi connectivity index (χ1v) is 7.51. The van der Waals surface area contributed by atoms with Crippen molar-refractivity contribution in [3.8, 4) is 0 Å². The molecule has 0 radical (unpaired) electrons. The average molecular weight is 269 g/mol. The number of amides is 1. The van der Waals surface area contributed by atoms with Gasteiger partial charge in [-0.1, -0.05) is 6.92 Å². The van der Waals surface area contributed by atoms with E-state index < -0.39 is 0 Å². The van der Waals surface area contributed by atoms with Gasteiger partial charge in [0.2, 0.25) is 5.91 Å². The van der Waals surface area contributed by atoms with Crippen LogP contribution in [0.3, 0.4) is 0 Å². The van der Waals surface area contributed by atoms with Crippen molar-refractivity contribution in [1.29, 1.82) is 0 Å². The van der Waals surface area contributed by atoms with Crippen LogP contribution in [0, 0.1) is 0 Å². The second-order valence-electron chi connectivity index (χ2n) is 5.52. The second-order valence-corrected chi connectivity index (χ2v) is 5.52. The van der Waals surface area contributed by atoms with Crippen molar-refractivity contribution in [2.45, 2.75) is 38.3 Å². The molecule has 2 atom stereocenters. The summed E-state index contributed by atoms with van der Waals surface area (Å²) >= 11 is 0. The van der Waals surface area contributed by atoms with Crippen molar-refractivity contribution in [2.75, 3.05) is 46.4 Å². The first-order chi connectivity index (χ1) is 9.26. The van der Waals surface area contributed by atoms with Gasteiger partial charge in [0.25, 0.3) is 0 Å². The van der Waals surface area contributed by atoms with Crippen molar-refractivity contribution in [3.63, 3.8) is 0 Å². The molecule has 2 rings (SSSR count). The number of hydrogen-bond acceptors (Lipinski definition) is 4. The van der Waals surface area contributed by atoms with Crippen molar-refractivity contribution in [2.24, 2.45) is 0 Å². The number of carbonyl (C=O) groups excluding carboxylic acids is 1. The summed E-state index contributed by atoms with van der Waals surface area (Å²) < 4.78 is 5.16. The number of hydrogen-bond donors (Lipinski definition) is 1. The zero-order valence-electron chi connectivity index (χ0n) is 12.2. The van der Waals surface area contributed by atoms with Gasteiger partial charge in [-0.3, -0.25) is 9.69 Å². The van der Waals surface area contributed by atoms with Gasteiger partial charge in [0.1, 0.15) is 0 Å². The molecule has 2 aliphatic rings. The fraction of sp³-hybridized carbons (Fsp3) is 0.929. The molecule has 2 aliphatic heterocycles.